The monoisotopic (exact) mass is 255 g/mol. The van der Waals surface area contributed by atoms with Crippen molar-refractivity contribution in [2.45, 2.75) is 13.0 Å². The largest absolute Gasteiger partial charge is 0.319 e. The zero-order valence-corrected chi connectivity index (χ0v) is 10.8. The maximum atomic E-state index is 6.30. The van der Waals surface area contributed by atoms with Crippen LogP contribution in [0.25, 0.3) is 10.8 Å². The van der Waals surface area contributed by atoms with Gasteiger partial charge in [0.15, 0.2) is 0 Å². The van der Waals surface area contributed by atoms with E-state index in [4.69, 9.17) is 5.73 Å². The predicted octanol–water partition coefficient (Wildman–Crippen LogP) is 3.05. The Morgan fingerprint density at radius 3 is 2.83 bits per heavy atom. The lowest BCUT2D eigenvalue weighted by atomic mass is 10.0. The van der Waals surface area contributed by atoms with E-state index < -0.39 is 0 Å². The first kappa shape index (κ1) is 11.3. The van der Waals surface area contributed by atoms with E-state index in [2.05, 4.69) is 16.0 Å². The molecule has 1 aromatic carbocycles. The van der Waals surface area contributed by atoms with Crippen molar-refractivity contribution in [3.63, 3.8) is 0 Å². The number of nitrogens with zero attached hydrogens (tertiary/aromatic N) is 2. The summed E-state index contributed by atoms with van der Waals surface area (Å²) in [5.41, 5.74) is 8.24. The molecule has 0 saturated carbocycles. The lowest BCUT2D eigenvalue weighted by molar-refractivity contribution is 0.837. The highest BCUT2D eigenvalue weighted by molar-refractivity contribution is 7.09. The number of nitrogens with two attached hydrogens (primary N) is 1. The third-order valence-corrected chi connectivity index (χ3v) is 3.78. The van der Waals surface area contributed by atoms with Gasteiger partial charge in [0, 0.05) is 28.7 Å². The molecule has 0 aliphatic carbocycles. The second kappa shape index (κ2) is 4.48. The first-order chi connectivity index (χ1) is 8.75. The summed E-state index contributed by atoms with van der Waals surface area (Å²) in [6, 6.07) is 7.93. The molecule has 0 saturated heterocycles. The molecule has 3 rings (SSSR count). The Kier molecular flexibility index (Phi) is 2.81. The molecule has 90 valence electrons. The van der Waals surface area contributed by atoms with Gasteiger partial charge in [0.2, 0.25) is 0 Å². The summed E-state index contributed by atoms with van der Waals surface area (Å²) in [4.78, 5) is 8.72. The number of pyridine rings is 1. The van der Waals surface area contributed by atoms with Crippen LogP contribution >= 0.6 is 11.3 Å². The zero-order chi connectivity index (χ0) is 12.5. The average molecular weight is 255 g/mol. The molecule has 18 heavy (non-hydrogen) atoms. The average Bonchev–Trinajstić information content (AvgIpc) is 2.84. The van der Waals surface area contributed by atoms with Gasteiger partial charge in [-0.1, -0.05) is 24.3 Å². The molecular weight excluding hydrogens is 242 g/mol. The van der Waals surface area contributed by atoms with E-state index in [1.165, 1.54) is 0 Å². The number of hydrogen-bond acceptors (Lipinski definition) is 4. The van der Waals surface area contributed by atoms with Crippen LogP contribution in [0.3, 0.4) is 0 Å². The minimum Gasteiger partial charge on any atom is -0.319 e. The van der Waals surface area contributed by atoms with E-state index in [1.54, 1.807) is 11.3 Å². The van der Waals surface area contributed by atoms with Gasteiger partial charge in [0.25, 0.3) is 0 Å². The van der Waals surface area contributed by atoms with Gasteiger partial charge in [-0.15, -0.1) is 11.3 Å². The number of thiazole rings is 1. The van der Waals surface area contributed by atoms with Crippen molar-refractivity contribution in [2.24, 2.45) is 5.73 Å². The Bertz CT molecular complexity index is 685. The van der Waals surface area contributed by atoms with Crippen molar-refractivity contribution in [3.05, 3.63) is 58.3 Å². The summed E-state index contributed by atoms with van der Waals surface area (Å²) < 4.78 is 0. The van der Waals surface area contributed by atoms with E-state index in [9.17, 15) is 0 Å². The van der Waals surface area contributed by atoms with Crippen molar-refractivity contribution in [1.82, 2.24) is 9.97 Å². The summed E-state index contributed by atoms with van der Waals surface area (Å²) in [7, 11) is 0. The van der Waals surface area contributed by atoms with Crippen molar-refractivity contribution in [2.75, 3.05) is 0 Å². The topological polar surface area (TPSA) is 51.8 Å². The molecule has 0 bridgehead atoms. The van der Waals surface area contributed by atoms with Crippen molar-refractivity contribution >= 4 is 22.1 Å². The summed E-state index contributed by atoms with van der Waals surface area (Å²) in [6.07, 6.45) is 3.69. The van der Waals surface area contributed by atoms with Crippen LogP contribution in [0.15, 0.2) is 42.0 Å². The Balaban J connectivity index is 2.14. The van der Waals surface area contributed by atoms with Crippen molar-refractivity contribution in [3.8, 4) is 0 Å². The second-order valence-electron chi connectivity index (χ2n) is 4.22. The van der Waals surface area contributed by atoms with Crippen LogP contribution < -0.4 is 5.73 Å². The van der Waals surface area contributed by atoms with Gasteiger partial charge in [-0.3, -0.25) is 4.98 Å². The smallest absolute Gasteiger partial charge is 0.0898 e. The summed E-state index contributed by atoms with van der Waals surface area (Å²) in [5, 5.41) is 5.30. The number of fused-ring (bicyclic) bond motifs is 1. The zero-order valence-electron chi connectivity index (χ0n) is 10.00. The molecule has 0 radical (unpaired) electrons. The molecule has 0 amide bonds. The lowest BCUT2D eigenvalue weighted by Gasteiger charge is -2.11. The van der Waals surface area contributed by atoms with Crippen LogP contribution in [-0.2, 0) is 0 Å². The quantitative estimate of drug-likeness (QED) is 0.765. The molecule has 0 aliphatic heterocycles. The second-order valence-corrected chi connectivity index (χ2v) is 5.28. The molecule has 0 aliphatic rings. The van der Waals surface area contributed by atoms with Crippen LogP contribution in [0.4, 0.5) is 0 Å². The fourth-order valence-electron chi connectivity index (χ4n) is 2.07. The van der Waals surface area contributed by atoms with Gasteiger partial charge in [0.05, 0.1) is 16.7 Å². The fourth-order valence-corrected chi connectivity index (χ4v) is 2.72. The number of aromatic nitrogens is 2. The third-order valence-electron chi connectivity index (χ3n) is 2.99. The summed E-state index contributed by atoms with van der Waals surface area (Å²) in [5.74, 6) is 0. The van der Waals surface area contributed by atoms with Gasteiger partial charge in [-0.05, 0) is 12.3 Å². The van der Waals surface area contributed by atoms with Crippen LogP contribution in [0.1, 0.15) is 22.3 Å². The SMILES string of the molecule is Cc1nc(C(N)c2cncc3ccccc23)cs1. The Morgan fingerprint density at radius 2 is 2.06 bits per heavy atom. The number of aryl methyl sites for hydroxylation is 1. The maximum Gasteiger partial charge on any atom is 0.0898 e. The molecule has 0 spiro atoms. The fraction of sp³-hybridized carbons (Fsp3) is 0.143. The Hall–Kier alpha value is -1.78. The molecule has 2 N–H and O–H groups in total. The van der Waals surface area contributed by atoms with E-state index in [1.807, 2.05) is 42.9 Å². The molecule has 0 fully saturated rings. The van der Waals surface area contributed by atoms with Crippen LogP contribution in [0.5, 0.6) is 0 Å². The molecule has 1 atom stereocenters. The third kappa shape index (κ3) is 1.89. The van der Waals surface area contributed by atoms with E-state index in [-0.39, 0.29) is 6.04 Å². The van der Waals surface area contributed by atoms with Gasteiger partial charge in [-0.2, -0.15) is 0 Å². The summed E-state index contributed by atoms with van der Waals surface area (Å²) in [6.45, 7) is 1.99. The molecule has 3 nitrogen and oxygen atoms in total. The number of rotatable bonds is 2. The standard InChI is InChI=1S/C14H13N3S/c1-9-17-13(8-18-9)14(15)12-7-16-6-10-4-2-3-5-11(10)12/h2-8,14H,15H2,1H3. The molecule has 2 heterocycles. The molecular formula is C14H13N3S. The highest BCUT2D eigenvalue weighted by Gasteiger charge is 2.14. The van der Waals surface area contributed by atoms with Gasteiger partial charge < -0.3 is 5.73 Å². The minimum absolute atomic E-state index is 0.214. The van der Waals surface area contributed by atoms with Crippen molar-refractivity contribution in [1.29, 1.82) is 0 Å². The van der Waals surface area contributed by atoms with Crippen LogP contribution in [-0.4, -0.2) is 9.97 Å². The number of hydrogen-bond donors (Lipinski definition) is 1. The first-order valence-corrected chi connectivity index (χ1v) is 6.64. The van der Waals surface area contributed by atoms with E-state index in [0.717, 1.165) is 27.0 Å². The van der Waals surface area contributed by atoms with E-state index >= 15 is 0 Å². The molecule has 3 aromatic rings. The normalized spacial score (nSPS) is 12.8. The predicted molar refractivity (Wildman–Crippen MR) is 74.6 cm³/mol. The minimum atomic E-state index is -0.214. The highest BCUT2D eigenvalue weighted by atomic mass is 32.1. The van der Waals surface area contributed by atoms with Gasteiger partial charge in [-0.25, -0.2) is 4.98 Å². The van der Waals surface area contributed by atoms with Gasteiger partial charge >= 0.3 is 0 Å². The molecule has 1 unspecified atom stereocenters. The van der Waals surface area contributed by atoms with Crippen LogP contribution in [0.2, 0.25) is 0 Å². The van der Waals surface area contributed by atoms with Crippen LogP contribution in [0, 0.1) is 6.92 Å². The summed E-state index contributed by atoms with van der Waals surface area (Å²) >= 11 is 1.62. The Labute approximate surface area is 109 Å². The lowest BCUT2D eigenvalue weighted by Crippen LogP contribution is -2.13. The molecule has 4 heteroatoms. The van der Waals surface area contributed by atoms with Crippen molar-refractivity contribution < 1.29 is 0 Å². The van der Waals surface area contributed by atoms with Gasteiger partial charge in [0.1, 0.15) is 0 Å². The first-order valence-electron chi connectivity index (χ1n) is 5.76. The Morgan fingerprint density at radius 1 is 1.22 bits per heavy atom. The van der Waals surface area contributed by atoms with E-state index in [0.29, 0.717) is 0 Å². The maximum absolute atomic E-state index is 6.30. The highest BCUT2D eigenvalue weighted by Crippen LogP contribution is 2.26. The molecule has 2 aromatic heterocycles. The number of benzene rings is 1.